The van der Waals surface area contributed by atoms with E-state index in [9.17, 15) is 8.78 Å². The number of nitrogens with two attached hydrogens (primary N) is 1. The first-order valence-corrected chi connectivity index (χ1v) is 10.4. The van der Waals surface area contributed by atoms with Crippen molar-refractivity contribution >= 4 is 34.4 Å². The van der Waals surface area contributed by atoms with E-state index in [-0.39, 0.29) is 10.8 Å². The van der Waals surface area contributed by atoms with Crippen LogP contribution in [0.5, 0.6) is 0 Å². The zero-order valence-electron chi connectivity index (χ0n) is 16.5. The molecule has 1 saturated heterocycles. The van der Waals surface area contributed by atoms with Gasteiger partial charge >= 0.3 is 0 Å². The fourth-order valence-electron chi connectivity index (χ4n) is 3.89. The van der Waals surface area contributed by atoms with Crippen LogP contribution in [0.4, 0.5) is 20.5 Å². The summed E-state index contributed by atoms with van der Waals surface area (Å²) in [5.74, 6) is -0.120. The molecular weight excluding hydrogens is 422 g/mol. The maximum Gasteiger partial charge on any atom is 0.228 e. The van der Waals surface area contributed by atoms with Gasteiger partial charge in [-0.05, 0) is 55.7 Å². The molecule has 158 valence electrons. The molecule has 2 N–H and O–H groups in total. The normalized spacial score (nSPS) is 14.4. The van der Waals surface area contributed by atoms with E-state index in [2.05, 4.69) is 15.0 Å². The molecule has 0 bridgehead atoms. The zero-order chi connectivity index (χ0) is 21.5. The lowest BCUT2D eigenvalue weighted by atomic mass is 10.1. The lowest BCUT2D eigenvalue weighted by molar-refractivity contribution is 0.569. The summed E-state index contributed by atoms with van der Waals surface area (Å²) >= 11 is 6.04. The van der Waals surface area contributed by atoms with E-state index < -0.39 is 11.6 Å². The van der Waals surface area contributed by atoms with Crippen molar-refractivity contribution in [2.45, 2.75) is 19.3 Å². The molecule has 9 heteroatoms. The number of rotatable bonds is 3. The Hall–Kier alpha value is -3.26. The van der Waals surface area contributed by atoms with Crippen LogP contribution in [0.1, 0.15) is 19.3 Å². The summed E-state index contributed by atoms with van der Waals surface area (Å²) in [6.45, 7) is 1.68. The van der Waals surface area contributed by atoms with Gasteiger partial charge in [0.05, 0.1) is 21.8 Å². The van der Waals surface area contributed by atoms with Gasteiger partial charge < -0.3 is 10.6 Å². The molecule has 6 nitrogen and oxygen atoms in total. The first kappa shape index (κ1) is 19.7. The van der Waals surface area contributed by atoms with Gasteiger partial charge in [-0.3, -0.25) is 0 Å². The summed E-state index contributed by atoms with van der Waals surface area (Å²) in [5, 5.41) is 5.04. The summed E-state index contributed by atoms with van der Waals surface area (Å²) in [5.41, 5.74) is 8.39. The van der Waals surface area contributed by atoms with Gasteiger partial charge in [-0.25, -0.2) is 18.4 Å². The Morgan fingerprint density at radius 1 is 0.968 bits per heavy atom. The molecule has 31 heavy (non-hydrogen) atoms. The van der Waals surface area contributed by atoms with Crippen LogP contribution in [-0.4, -0.2) is 32.8 Å². The second-order valence-corrected chi connectivity index (χ2v) is 7.93. The molecule has 4 aromatic rings. The predicted molar refractivity (Wildman–Crippen MR) is 117 cm³/mol. The molecule has 1 aliphatic rings. The minimum Gasteiger partial charge on any atom is -0.383 e. The molecule has 1 aliphatic heterocycles. The van der Waals surface area contributed by atoms with E-state index in [0.717, 1.165) is 25.9 Å². The highest BCUT2D eigenvalue weighted by Gasteiger charge is 2.23. The molecule has 0 saturated carbocycles. The van der Waals surface area contributed by atoms with Crippen molar-refractivity contribution in [1.82, 2.24) is 19.7 Å². The minimum atomic E-state index is -0.518. The van der Waals surface area contributed by atoms with E-state index in [4.69, 9.17) is 22.3 Å². The topological polar surface area (TPSA) is 72.9 Å². The van der Waals surface area contributed by atoms with Gasteiger partial charge in [0.25, 0.3) is 0 Å². The van der Waals surface area contributed by atoms with E-state index in [1.807, 2.05) is 0 Å². The second kappa shape index (κ2) is 7.77. The summed E-state index contributed by atoms with van der Waals surface area (Å²) in [6, 6.07) is 10.4. The lowest BCUT2D eigenvalue weighted by Crippen LogP contribution is -2.31. The van der Waals surface area contributed by atoms with Crippen LogP contribution in [0, 0.1) is 11.6 Å². The first-order chi connectivity index (χ1) is 15.0. The Balaban J connectivity index is 1.76. The maximum atomic E-state index is 13.8. The fourth-order valence-corrected chi connectivity index (χ4v) is 4.07. The average molecular weight is 441 g/mol. The van der Waals surface area contributed by atoms with Gasteiger partial charge in [0.15, 0.2) is 5.65 Å². The highest BCUT2D eigenvalue weighted by Crippen LogP contribution is 2.35. The number of hydrogen-bond donors (Lipinski definition) is 1. The molecule has 0 atom stereocenters. The number of nitrogen functional groups attached to an aromatic ring is 1. The van der Waals surface area contributed by atoms with E-state index in [0.29, 0.717) is 33.9 Å². The summed E-state index contributed by atoms with van der Waals surface area (Å²) in [6.07, 6.45) is 3.28. The standard InChI is InChI=1S/C22H19ClF2N6/c23-16-11-13(7-8-17(16)25)19-18-20(26)31(15-6-4-5-14(24)12-15)29-21(18)28-22(27-19)30-9-2-1-3-10-30/h4-8,11-12H,1-3,9-10,26H2. The number of benzene rings is 2. The number of halogens is 3. The monoisotopic (exact) mass is 440 g/mol. The second-order valence-electron chi connectivity index (χ2n) is 7.52. The molecule has 2 aromatic heterocycles. The molecular formula is C22H19ClF2N6. The predicted octanol–water partition coefficient (Wildman–Crippen LogP) is 4.99. The number of fused-ring (bicyclic) bond motifs is 1. The Morgan fingerprint density at radius 3 is 2.52 bits per heavy atom. The van der Waals surface area contributed by atoms with Gasteiger partial charge in [-0.1, -0.05) is 17.7 Å². The summed E-state index contributed by atoms with van der Waals surface area (Å²) < 4.78 is 29.0. The Bertz CT molecular complexity index is 1280. The van der Waals surface area contributed by atoms with Crippen LogP contribution in [0.3, 0.4) is 0 Å². The van der Waals surface area contributed by atoms with Crippen LogP contribution in [0.2, 0.25) is 5.02 Å². The van der Waals surface area contributed by atoms with Gasteiger partial charge in [-0.15, -0.1) is 5.10 Å². The maximum absolute atomic E-state index is 13.8. The third-order valence-electron chi connectivity index (χ3n) is 5.44. The number of hydrogen-bond acceptors (Lipinski definition) is 5. The van der Waals surface area contributed by atoms with Crippen LogP contribution < -0.4 is 10.6 Å². The first-order valence-electron chi connectivity index (χ1n) is 10.0. The Labute approximate surface area is 182 Å². The molecule has 1 fully saturated rings. The van der Waals surface area contributed by atoms with Crippen molar-refractivity contribution in [1.29, 1.82) is 0 Å². The lowest BCUT2D eigenvalue weighted by Gasteiger charge is -2.26. The summed E-state index contributed by atoms with van der Waals surface area (Å²) in [7, 11) is 0. The van der Waals surface area contributed by atoms with E-state index >= 15 is 0 Å². The number of aromatic nitrogens is 4. The number of piperidine rings is 1. The van der Waals surface area contributed by atoms with Crippen LogP contribution in [0.25, 0.3) is 28.0 Å². The third-order valence-corrected chi connectivity index (χ3v) is 5.73. The van der Waals surface area contributed by atoms with Crippen LogP contribution >= 0.6 is 11.6 Å². The number of anilines is 2. The SMILES string of the molecule is Nc1c2c(-c3ccc(F)c(Cl)c3)nc(N3CCCCC3)nc2nn1-c1cccc(F)c1. The largest absolute Gasteiger partial charge is 0.383 e. The van der Waals surface area contributed by atoms with Crippen molar-refractivity contribution in [2.75, 3.05) is 23.7 Å². The highest BCUT2D eigenvalue weighted by molar-refractivity contribution is 6.31. The smallest absolute Gasteiger partial charge is 0.228 e. The van der Waals surface area contributed by atoms with E-state index in [1.165, 1.54) is 35.4 Å². The van der Waals surface area contributed by atoms with Crippen LogP contribution in [-0.2, 0) is 0 Å². The molecule has 0 aliphatic carbocycles. The highest BCUT2D eigenvalue weighted by atomic mass is 35.5. The van der Waals surface area contributed by atoms with Gasteiger partial charge in [0.2, 0.25) is 5.95 Å². The Morgan fingerprint density at radius 2 is 1.77 bits per heavy atom. The van der Waals surface area contributed by atoms with Crippen LogP contribution in [0.15, 0.2) is 42.5 Å². The van der Waals surface area contributed by atoms with Gasteiger partial charge in [0, 0.05) is 18.7 Å². The molecule has 0 unspecified atom stereocenters. The average Bonchev–Trinajstić information content (AvgIpc) is 3.12. The quantitative estimate of drug-likeness (QED) is 0.486. The van der Waals surface area contributed by atoms with Crippen molar-refractivity contribution in [3.63, 3.8) is 0 Å². The molecule has 0 spiro atoms. The summed E-state index contributed by atoms with van der Waals surface area (Å²) in [4.78, 5) is 11.5. The molecule has 0 radical (unpaired) electrons. The Kier molecular flexibility index (Phi) is 4.94. The van der Waals surface area contributed by atoms with Gasteiger partial charge in [-0.2, -0.15) is 4.98 Å². The van der Waals surface area contributed by atoms with Crippen molar-refractivity contribution < 1.29 is 8.78 Å². The molecule has 5 rings (SSSR count). The fraction of sp³-hybridized carbons (Fsp3) is 0.227. The molecule has 0 amide bonds. The molecule has 2 aromatic carbocycles. The zero-order valence-corrected chi connectivity index (χ0v) is 17.3. The van der Waals surface area contributed by atoms with Crippen molar-refractivity contribution in [3.05, 3.63) is 59.1 Å². The van der Waals surface area contributed by atoms with E-state index in [1.54, 1.807) is 18.2 Å². The van der Waals surface area contributed by atoms with Crippen molar-refractivity contribution in [2.24, 2.45) is 0 Å². The minimum absolute atomic E-state index is 0.0140. The third kappa shape index (κ3) is 3.57. The number of nitrogens with zero attached hydrogens (tertiary/aromatic N) is 5. The molecule has 3 heterocycles. The van der Waals surface area contributed by atoms with Gasteiger partial charge in [0.1, 0.15) is 17.5 Å². The van der Waals surface area contributed by atoms with Crippen molar-refractivity contribution in [3.8, 4) is 16.9 Å².